The van der Waals surface area contributed by atoms with Gasteiger partial charge in [-0.2, -0.15) is 9.40 Å². The van der Waals surface area contributed by atoms with Crippen molar-refractivity contribution in [2.45, 2.75) is 30.9 Å². The molecule has 4 aromatic carbocycles. The van der Waals surface area contributed by atoms with Gasteiger partial charge in [-0.25, -0.2) is 21.6 Å². The molecular weight excluding hydrogens is 569 g/mol. The zero-order valence-electron chi connectivity index (χ0n) is 22.2. The number of nitrogens with two attached hydrogens (primary N) is 1. The van der Waals surface area contributed by atoms with Crippen LogP contribution in [-0.4, -0.2) is 30.6 Å². The average Bonchev–Trinajstić information content (AvgIpc) is 3.38. The highest BCUT2D eigenvalue weighted by Crippen LogP contribution is 2.33. The fraction of sp³-hybridized carbons (Fsp3) is 0.133. The number of amides is 1. The number of rotatable bonds is 9. The van der Waals surface area contributed by atoms with E-state index < -0.39 is 51.6 Å². The zero-order valence-corrected chi connectivity index (χ0v) is 23.0. The van der Waals surface area contributed by atoms with E-state index in [0.717, 1.165) is 17.2 Å². The Labute approximate surface area is 239 Å². The summed E-state index contributed by atoms with van der Waals surface area (Å²) >= 11 is 0. The van der Waals surface area contributed by atoms with Gasteiger partial charge in [0.15, 0.2) is 17.5 Å². The van der Waals surface area contributed by atoms with Crippen LogP contribution < -0.4 is 14.8 Å². The molecule has 0 spiro atoms. The van der Waals surface area contributed by atoms with Crippen LogP contribution in [-0.2, 0) is 27.8 Å². The second-order valence-corrected chi connectivity index (χ2v) is 11.4. The first-order valence-corrected chi connectivity index (χ1v) is 14.2. The number of carbonyl (C=O) groups is 1. The summed E-state index contributed by atoms with van der Waals surface area (Å²) < 4.78 is 75.8. The third kappa shape index (κ3) is 5.71. The van der Waals surface area contributed by atoms with Crippen LogP contribution in [0.4, 0.5) is 19.0 Å². The van der Waals surface area contributed by atoms with Crippen LogP contribution in [0.1, 0.15) is 16.7 Å². The summed E-state index contributed by atoms with van der Waals surface area (Å²) in [6.45, 7) is 1.14. The van der Waals surface area contributed by atoms with E-state index in [2.05, 4.69) is 10.2 Å². The molecule has 12 heteroatoms. The number of aromatic nitrogens is 2. The molecule has 5 aromatic rings. The SMILES string of the molecule is Cc1ccc(S(=O)(=O)N(C(=O)[C@@H](N)Cc2ccccc2)c2n[nH]c3ccc(OCc4c(F)ccc(F)c4F)cc23)cc1. The number of hydrogen-bond donors (Lipinski definition) is 2. The van der Waals surface area contributed by atoms with E-state index in [4.69, 9.17) is 10.5 Å². The quantitative estimate of drug-likeness (QED) is 0.228. The van der Waals surface area contributed by atoms with E-state index >= 15 is 0 Å². The molecule has 1 heterocycles. The van der Waals surface area contributed by atoms with Crippen molar-refractivity contribution in [1.82, 2.24) is 10.2 Å². The van der Waals surface area contributed by atoms with Crippen LogP contribution in [0, 0.1) is 24.4 Å². The van der Waals surface area contributed by atoms with Gasteiger partial charge in [0.1, 0.15) is 18.2 Å². The van der Waals surface area contributed by atoms with Crippen molar-refractivity contribution in [1.29, 1.82) is 0 Å². The predicted molar refractivity (Wildman–Crippen MR) is 151 cm³/mol. The fourth-order valence-corrected chi connectivity index (χ4v) is 5.77. The number of nitrogens with zero attached hydrogens (tertiary/aromatic N) is 2. The third-order valence-electron chi connectivity index (χ3n) is 6.60. The molecule has 0 aliphatic heterocycles. The van der Waals surface area contributed by atoms with Gasteiger partial charge < -0.3 is 10.5 Å². The van der Waals surface area contributed by atoms with Crippen LogP contribution >= 0.6 is 0 Å². The maximum Gasteiger partial charge on any atom is 0.272 e. The van der Waals surface area contributed by atoms with Crippen molar-refractivity contribution in [2.75, 3.05) is 4.31 Å². The van der Waals surface area contributed by atoms with Crippen molar-refractivity contribution >= 4 is 32.7 Å². The lowest BCUT2D eigenvalue weighted by atomic mass is 10.1. The minimum Gasteiger partial charge on any atom is -0.489 e. The van der Waals surface area contributed by atoms with Gasteiger partial charge in [-0.1, -0.05) is 48.0 Å². The van der Waals surface area contributed by atoms with Gasteiger partial charge in [-0.15, -0.1) is 0 Å². The molecule has 1 amide bonds. The molecule has 0 aliphatic rings. The van der Waals surface area contributed by atoms with E-state index in [0.29, 0.717) is 15.9 Å². The van der Waals surface area contributed by atoms with Crippen LogP contribution in [0.5, 0.6) is 5.75 Å². The molecule has 5 rings (SSSR count). The highest BCUT2D eigenvalue weighted by atomic mass is 32.2. The molecular formula is C30H25F3N4O4S. The van der Waals surface area contributed by atoms with Gasteiger partial charge in [-0.3, -0.25) is 9.89 Å². The molecule has 0 unspecified atom stereocenters. The van der Waals surface area contributed by atoms with Gasteiger partial charge in [-0.05, 0) is 61.4 Å². The van der Waals surface area contributed by atoms with E-state index in [1.54, 1.807) is 49.4 Å². The van der Waals surface area contributed by atoms with E-state index in [1.165, 1.54) is 30.3 Å². The number of ether oxygens (including phenoxy) is 1. The summed E-state index contributed by atoms with van der Waals surface area (Å²) in [6, 6.07) is 19.3. The molecule has 1 aromatic heterocycles. The Morgan fingerprint density at radius 1 is 0.976 bits per heavy atom. The van der Waals surface area contributed by atoms with Gasteiger partial charge in [0.05, 0.1) is 22.0 Å². The summed E-state index contributed by atoms with van der Waals surface area (Å²) in [7, 11) is -4.51. The Hall–Kier alpha value is -4.68. The standard InChI is InChI=1S/C30H25F3N4O4S/c1-18-7-10-21(11-8-18)42(39,40)37(30(38)26(34)15-19-5-3-2-4-6-19)29-22-16-20(9-14-27(22)35-36-29)41-17-23-24(31)12-13-25(32)28(23)33/h2-14,16,26H,15,17,34H2,1H3,(H,35,36)/t26-/m0/s1. The molecule has 216 valence electrons. The zero-order chi connectivity index (χ0) is 30.0. The van der Waals surface area contributed by atoms with Crippen molar-refractivity contribution < 1.29 is 31.1 Å². The lowest BCUT2D eigenvalue weighted by Crippen LogP contribution is -2.48. The van der Waals surface area contributed by atoms with Crippen LogP contribution in [0.2, 0.25) is 0 Å². The maximum atomic E-state index is 14.1. The second kappa shape index (κ2) is 11.7. The van der Waals surface area contributed by atoms with Gasteiger partial charge in [0, 0.05) is 5.39 Å². The summed E-state index contributed by atoms with van der Waals surface area (Å²) in [5.41, 5.74) is 7.52. The Morgan fingerprint density at radius 3 is 2.38 bits per heavy atom. The molecule has 0 aliphatic carbocycles. The molecule has 42 heavy (non-hydrogen) atoms. The molecule has 8 nitrogen and oxygen atoms in total. The first kappa shape index (κ1) is 28.8. The van der Waals surface area contributed by atoms with Crippen molar-refractivity contribution in [3.05, 3.63) is 119 Å². The summed E-state index contributed by atoms with van der Waals surface area (Å²) in [5, 5.41) is 6.99. The molecule has 0 saturated carbocycles. The topological polar surface area (TPSA) is 118 Å². The largest absolute Gasteiger partial charge is 0.489 e. The first-order valence-electron chi connectivity index (χ1n) is 12.7. The third-order valence-corrected chi connectivity index (χ3v) is 8.31. The lowest BCUT2D eigenvalue weighted by molar-refractivity contribution is -0.118. The Balaban J connectivity index is 1.55. The maximum absolute atomic E-state index is 14.1. The number of fused-ring (bicyclic) bond motifs is 1. The number of anilines is 1. The fourth-order valence-electron chi connectivity index (χ4n) is 4.34. The van der Waals surface area contributed by atoms with Gasteiger partial charge in [0.2, 0.25) is 0 Å². The Morgan fingerprint density at radius 2 is 1.67 bits per heavy atom. The monoisotopic (exact) mass is 594 g/mol. The highest BCUT2D eigenvalue weighted by Gasteiger charge is 2.37. The molecule has 0 saturated heterocycles. The van der Waals surface area contributed by atoms with Crippen LogP contribution in [0.25, 0.3) is 10.9 Å². The summed E-state index contributed by atoms with van der Waals surface area (Å²) in [4.78, 5) is 13.6. The predicted octanol–water partition coefficient (Wildman–Crippen LogP) is 5.16. The highest BCUT2D eigenvalue weighted by molar-refractivity contribution is 7.93. The Kier molecular flexibility index (Phi) is 8.01. The number of aryl methyl sites for hydroxylation is 1. The number of sulfonamides is 1. The number of nitrogens with one attached hydrogen (secondary N) is 1. The van der Waals surface area contributed by atoms with Gasteiger partial charge in [0.25, 0.3) is 15.9 Å². The normalized spacial score (nSPS) is 12.3. The smallest absolute Gasteiger partial charge is 0.272 e. The number of hydrogen-bond acceptors (Lipinski definition) is 6. The van der Waals surface area contributed by atoms with Crippen molar-refractivity contribution in [3.63, 3.8) is 0 Å². The number of benzene rings is 4. The number of carbonyl (C=O) groups excluding carboxylic acids is 1. The van der Waals surface area contributed by atoms with Crippen molar-refractivity contribution in [2.24, 2.45) is 5.73 Å². The van der Waals surface area contributed by atoms with Crippen molar-refractivity contribution in [3.8, 4) is 5.75 Å². The van der Waals surface area contributed by atoms with Crippen LogP contribution in [0.15, 0.2) is 89.8 Å². The molecule has 3 N–H and O–H groups in total. The second-order valence-electron chi connectivity index (χ2n) is 9.58. The molecule has 0 fully saturated rings. The summed E-state index contributed by atoms with van der Waals surface area (Å²) in [6.07, 6.45) is 0.0566. The molecule has 0 bridgehead atoms. The molecule has 0 radical (unpaired) electrons. The minimum atomic E-state index is -4.51. The van der Waals surface area contributed by atoms with Crippen LogP contribution in [0.3, 0.4) is 0 Å². The Bertz CT molecular complexity index is 1860. The number of H-pyrrole nitrogens is 1. The minimum absolute atomic E-state index is 0.0566. The van der Waals surface area contributed by atoms with E-state index in [-0.39, 0.29) is 28.3 Å². The average molecular weight is 595 g/mol. The van der Waals surface area contributed by atoms with E-state index in [9.17, 15) is 26.4 Å². The van der Waals surface area contributed by atoms with Gasteiger partial charge >= 0.3 is 0 Å². The van der Waals surface area contributed by atoms with E-state index in [1.807, 2.05) is 0 Å². The summed E-state index contributed by atoms with van der Waals surface area (Å²) in [5.74, 6) is -4.75. The molecule has 1 atom stereocenters. The number of aromatic amines is 1. The number of halogens is 3. The lowest BCUT2D eigenvalue weighted by Gasteiger charge is -2.24. The first-order chi connectivity index (χ1) is 20.1.